The summed E-state index contributed by atoms with van der Waals surface area (Å²) in [7, 11) is 0. The summed E-state index contributed by atoms with van der Waals surface area (Å²) >= 11 is 0. The highest BCUT2D eigenvalue weighted by atomic mass is 16.5. The van der Waals surface area contributed by atoms with E-state index in [-0.39, 0.29) is 6.10 Å². The van der Waals surface area contributed by atoms with Crippen molar-refractivity contribution < 1.29 is 9.53 Å². The molecule has 1 aliphatic heterocycles. The first kappa shape index (κ1) is 10.4. The fraction of sp³-hybridized carbons (Fsp3) is 0.438. The zero-order chi connectivity index (χ0) is 12.1. The Morgan fingerprint density at radius 1 is 1.11 bits per heavy atom. The van der Waals surface area contributed by atoms with Gasteiger partial charge in [0, 0.05) is 24.3 Å². The van der Waals surface area contributed by atoms with E-state index in [4.69, 9.17) is 4.74 Å². The maximum Gasteiger partial charge on any atom is 0.162 e. The van der Waals surface area contributed by atoms with Crippen molar-refractivity contribution in [2.45, 2.75) is 38.2 Å². The summed E-state index contributed by atoms with van der Waals surface area (Å²) in [5, 5.41) is 0. The van der Waals surface area contributed by atoms with E-state index in [0.717, 1.165) is 37.0 Å². The van der Waals surface area contributed by atoms with Crippen LogP contribution in [0.25, 0.3) is 0 Å². The zero-order valence-electron chi connectivity index (χ0n) is 10.3. The van der Waals surface area contributed by atoms with Crippen LogP contribution < -0.4 is 0 Å². The van der Waals surface area contributed by atoms with E-state index in [1.165, 1.54) is 11.1 Å². The minimum absolute atomic E-state index is 0.113. The van der Waals surface area contributed by atoms with Crippen LogP contribution in [-0.4, -0.2) is 5.78 Å². The predicted molar refractivity (Wildman–Crippen MR) is 68.0 cm³/mol. The van der Waals surface area contributed by atoms with Crippen molar-refractivity contribution in [3.8, 4) is 0 Å². The second-order valence-corrected chi connectivity index (χ2v) is 5.50. The van der Waals surface area contributed by atoms with E-state index in [1.807, 2.05) is 0 Å². The number of rotatable bonds is 0. The molecule has 2 aliphatic carbocycles. The molecule has 0 fully saturated rings. The van der Waals surface area contributed by atoms with Gasteiger partial charge in [-0.15, -0.1) is 0 Å². The Hall–Kier alpha value is -1.57. The van der Waals surface area contributed by atoms with E-state index in [2.05, 4.69) is 24.3 Å². The Morgan fingerprint density at radius 2 is 2.00 bits per heavy atom. The van der Waals surface area contributed by atoms with Crippen molar-refractivity contribution in [1.82, 2.24) is 0 Å². The predicted octanol–water partition coefficient (Wildman–Crippen LogP) is 3.33. The monoisotopic (exact) mass is 240 g/mol. The van der Waals surface area contributed by atoms with E-state index in [0.29, 0.717) is 18.1 Å². The number of hydrogen-bond acceptors (Lipinski definition) is 2. The number of aryl methyl sites for hydroxylation is 1. The van der Waals surface area contributed by atoms with Crippen molar-refractivity contribution in [2.75, 3.05) is 0 Å². The Morgan fingerprint density at radius 3 is 2.94 bits per heavy atom. The number of ketones is 1. The Bertz CT molecular complexity index is 556. The van der Waals surface area contributed by atoms with Gasteiger partial charge in [0.25, 0.3) is 0 Å². The van der Waals surface area contributed by atoms with Gasteiger partial charge in [0.1, 0.15) is 11.9 Å². The molecule has 3 aliphatic rings. The topological polar surface area (TPSA) is 26.3 Å². The fourth-order valence-electron chi connectivity index (χ4n) is 3.68. The van der Waals surface area contributed by atoms with Gasteiger partial charge in [-0.05, 0) is 30.4 Å². The van der Waals surface area contributed by atoms with Crippen molar-refractivity contribution in [1.29, 1.82) is 0 Å². The number of hydrogen-bond donors (Lipinski definition) is 0. The number of carbonyl (C=O) groups excluding carboxylic acids is 1. The molecule has 0 aromatic heterocycles. The Labute approximate surface area is 107 Å². The van der Waals surface area contributed by atoms with Gasteiger partial charge in [-0.2, -0.15) is 0 Å². The van der Waals surface area contributed by atoms with E-state index in [1.54, 1.807) is 0 Å². The maximum atomic E-state index is 12.1. The summed E-state index contributed by atoms with van der Waals surface area (Å²) in [5.41, 5.74) is 3.72. The molecule has 0 amide bonds. The molecule has 0 bridgehead atoms. The van der Waals surface area contributed by atoms with Gasteiger partial charge in [0.15, 0.2) is 5.78 Å². The summed E-state index contributed by atoms with van der Waals surface area (Å²) in [5.74, 6) is 1.66. The molecule has 1 aromatic rings. The average molecular weight is 240 g/mol. The molecule has 0 saturated carbocycles. The molecule has 0 spiro atoms. The van der Waals surface area contributed by atoms with Crippen LogP contribution in [0.2, 0.25) is 0 Å². The highest BCUT2D eigenvalue weighted by Crippen LogP contribution is 2.50. The Balaban J connectivity index is 1.78. The van der Waals surface area contributed by atoms with Crippen LogP contribution in [-0.2, 0) is 16.0 Å². The minimum Gasteiger partial charge on any atom is -0.489 e. The number of fused-ring (bicyclic) bond motifs is 4. The van der Waals surface area contributed by atoms with Gasteiger partial charge in [-0.3, -0.25) is 4.79 Å². The molecule has 1 heterocycles. The van der Waals surface area contributed by atoms with Crippen molar-refractivity contribution in [2.24, 2.45) is 5.92 Å². The first-order valence-electron chi connectivity index (χ1n) is 6.85. The number of Topliss-reactive ketones (excluding diaryl/α,β-unsaturated/α-hetero) is 1. The second-order valence-electron chi connectivity index (χ2n) is 5.50. The molecule has 0 radical (unpaired) electrons. The van der Waals surface area contributed by atoms with Gasteiger partial charge in [-0.1, -0.05) is 24.3 Å². The summed E-state index contributed by atoms with van der Waals surface area (Å²) in [4.78, 5) is 12.1. The maximum absolute atomic E-state index is 12.1. The Kier molecular flexibility index (Phi) is 2.14. The fourth-order valence-corrected chi connectivity index (χ4v) is 3.68. The lowest BCUT2D eigenvalue weighted by atomic mass is 9.76. The summed E-state index contributed by atoms with van der Waals surface area (Å²) in [6.07, 6.45) is 4.88. The lowest BCUT2D eigenvalue weighted by Gasteiger charge is -2.28. The van der Waals surface area contributed by atoms with Crippen molar-refractivity contribution >= 4 is 5.78 Å². The number of allylic oxidation sites excluding steroid dienone is 1. The molecule has 2 nitrogen and oxygen atoms in total. The number of benzene rings is 1. The molecule has 2 heteroatoms. The molecule has 1 aromatic carbocycles. The van der Waals surface area contributed by atoms with E-state index < -0.39 is 0 Å². The van der Waals surface area contributed by atoms with Crippen LogP contribution in [0.3, 0.4) is 0 Å². The van der Waals surface area contributed by atoms with Crippen LogP contribution in [0.1, 0.15) is 42.9 Å². The molecular formula is C16H16O2. The molecule has 0 unspecified atom stereocenters. The van der Waals surface area contributed by atoms with Gasteiger partial charge in [-0.25, -0.2) is 0 Å². The SMILES string of the molecule is O=C1CCCC2=C1[C@@H]1CCc3ccccc3[C@@H]1O2. The third kappa shape index (κ3) is 1.32. The highest BCUT2D eigenvalue weighted by molar-refractivity contribution is 5.97. The molecule has 0 N–H and O–H groups in total. The molecule has 4 rings (SSSR count). The standard InChI is InChI=1S/C16H16O2/c17-13-6-3-7-14-15(13)12-9-8-10-4-1-2-5-11(10)16(12)18-14/h1-2,4-5,12,16H,3,6-9H2/t12-,16-/m0/s1. The average Bonchev–Trinajstić information content (AvgIpc) is 2.79. The van der Waals surface area contributed by atoms with Crippen LogP contribution in [0.4, 0.5) is 0 Å². The van der Waals surface area contributed by atoms with Crippen LogP contribution >= 0.6 is 0 Å². The van der Waals surface area contributed by atoms with Crippen LogP contribution in [0, 0.1) is 5.92 Å². The van der Waals surface area contributed by atoms with E-state index in [9.17, 15) is 4.79 Å². The lowest BCUT2D eigenvalue weighted by Crippen LogP contribution is -2.22. The first-order valence-corrected chi connectivity index (χ1v) is 6.85. The van der Waals surface area contributed by atoms with Crippen LogP contribution in [0.5, 0.6) is 0 Å². The summed E-state index contributed by atoms with van der Waals surface area (Å²) in [6.45, 7) is 0. The van der Waals surface area contributed by atoms with E-state index >= 15 is 0 Å². The third-order valence-electron chi connectivity index (χ3n) is 4.50. The molecule has 92 valence electrons. The summed E-state index contributed by atoms with van der Waals surface area (Å²) in [6, 6.07) is 8.51. The normalized spacial score (nSPS) is 29.4. The quantitative estimate of drug-likeness (QED) is 0.695. The van der Waals surface area contributed by atoms with Gasteiger partial charge < -0.3 is 4.74 Å². The number of ether oxygens (including phenoxy) is 1. The summed E-state index contributed by atoms with van der Waals surface area (Å²) < 4.78 is 6.12. The smallest absolute Gasteiger partial charge is 0.162 e. The zero-order valence-corrected chi connectivity index (χ0v) is 10.3. The van der Waals surface area contributed by atoms with Gasteiger partial charge in [0.05, 0.1) is 0 Å². The van der Waals surface area contributed by atoms with Crippen LogP contribution in [0.15, 0.2) is 35.6 Å². The first-order chi connectivity index (χ1) is 8.84. The van der Waals surface area contributed by atoms with Gasteiger partial charge in [0.2, 0.25) is 0 Å². The van der Waals surface area contributed by atoms with Gasteiger partial charge >= 0.3 is 0 Å². The third-order valence-corrected chi connectivity index (χ3v) is 4.50. The molecule has 18 heavy (non-hydrogen) atoms. The van der Waals surface area contributed by atoms with Crippen molar-refractivity contribution in [3.63, 3.8) is 0 Å². The number of carbonyl (C=O) groups is 1. The van der Waals surface area contributed by atoms with Crippen molar-refractivity contribution in [3.05, 3.63) is 46.7 Å². The lowest BCUT2D eigenvalue weighted by molar-refractivity contribution is -0.116. The molecule has 2 atom stereocenters. The molecular weight excluding hydrogens is 224 g/mol. The highest BCUT2D eigenvalue weighted by Gasteiger charge is 2.44. The molecule has 0 saturated heterocycles. The largest absolute Gasteiger partial charge is 0.489 e. The minimum atomic E-state index is 0.113. The second kappa shape index (κ2) is 3.71.